The highest BCUT2D eigenvalue weighted by molar-refractivity contribution is 9.10. The van der Waals surface area contributed by atoms with Gasteiger partial charge in [0.2, 0.25) is 0 Å². The molecule has 0 N–H and O–H groups in total. The van der Waals surface area contributed by atoms with Crippen LogP contribution in [0.3, 0.4) is 0 Å². The Kier molecular flexibility index (Phi) is 5.68. The number of hydrogen-bond donors (Lipinski definition) is 0. The minimum Gasteiger partial charge on any atom is -0.488 e. The first-order valence-corrected chi connectivity index (χ1v) is 8.64. The van der Waals surface area contributed by atoms with Crippen LogP contribution in [-0.4, -0.2) is 6.21 Å². The van der Waals surface area contributed by atoms with Crippen molar-refractivity contribution in [2.75, 3.05) is 0 Å². The number of nitrogens with zero attached hydrogens (tertiary/aromatic N) is 1. The smallest absolute Gasteiger partial charge is 0.134 e. The van der Waals surface area contributed by atoms with Crippen molar-refractivity contribution in [2.24, 2.45) is 4.99 Å². The van der Waals surface area contributed by atoms with Gasteiger partial charge in [-0.15, -0.1) is 0 Å². The third-order valence-corrected chi connectivity index (χ3v) is 4.21. The maximum absolute atomic E-state index is 5.98. The Labute approximate surface area is 154 Å². The Balaban J connectivity index is 1.67. The van der Waals surface area contributed by atoms with Gasteiger partial charge in [-0.2, -0.15) is 0 Å². The van der Waals surface area contributed by atoms with E-state index < -0.39 is 0 Å². The molecule has 0 fully saturated rings. The highest BCUT2D eigenvalue weighted by Gasteiger charge is 2.03. The average Bonchev–Trinajstić information content (AvgIpc) is 2.60. The Morgan fingerprint density at radius 1 is 0.958 bits per heavy atom. The highest BCUT2D eigenvalue weighted by Crippen LogP contribution is 2.27. The zero-order valence-electron chi connectivity index (χ0n) is 12.8. The summed E-state index contributed by atoms with van der Waals surface area (Å²) in [5, 5.41) is 0.711. The topological polar surface area (TPSA) is 21.6 Å². The first-order valence-electron chi connectivity index (χ1n) is 7.46. The summed E-state index contributed by atoms with van der Waals surface area (Å²) in [5.41, 5.74) is 2.96. The SMILES string of the molecule is Clc1cccc(COc2ccc(C=Nc3ccccc3)cc2Br)c1. The van der Waals surface area contributed by atoms with E-state index in [1.807, 2.05) is 79.0 Å². The molecule has 0 atom stereocenters. The molecular formula is C20H15BrClNO. The first-order chi connectivity index (χ1) is 11.7. The van der Waals surface area contributed by atoms with E-state index in [-0.39, 0.29) is 0 Å². The summed E-state index contributed by atoms with van der Waals surface area (Å²) >= 11 is 9.53. The lowest BCUT2D eigenvalue weighted by molar-refractivity contribution is 0.304. The van der Waals surface area contributed by atoms with Crippen LogP contribution in [0.1, 0.15) is 11.1 Å². The number of hydrogen-bond acceptors (Lipinski definition) is 2. The van der Waals surface area contributed by atoms with Crippen molar-refractivity contribution in [3.63, 3.8) is 0 Å². The van der Waals surface area contributed by atoms with E-state index in [1.54, 1.807) is 0 Å². The molecule has 0 heterocycles. The van der Waals surface area contributed by atoms with Gasteiger partial charge in [0.1, 0.15) is 12.4 Å². The van der Waals surface area contributed by atoms with Crippen molar-refractivity contribution in [1.82, 2.24) is 0 Å². The standard InChI is InChI=1S/C20H15BrClNO/c21-19-12-15(13-23-18-7-2-1-3-8-18)9-10-20(19)24-14-16-5-4-6-17(22)11-16/h1-13H,14H2. The second kappa shape index (κ2) is 8.13. The molecule has 0 bridgehead atoms. The largest absolute Gasteiger partial charge is 0.488 e. The van der Waals surface area contributed by atoms with Crippen molar-refractivity contribution >= 4 is 39.4 Å². The Bertz CT molecular complexity index is 849. The van der Waals surface area contributed by atoms with Crippen LogP contribution >= 0.6 is 27.5 Å². The zero-order chi connectivity index (χ0) is 16.8. The second-order valence-electron chi connectivity index (χ2n) is 5.20. The number of para-hydroxylation sites is 1. The predicted molar refractivity (Wildman–Crippen MR) is 104 cm³/mol. The third-order valence-electron chi connectivity index (χ3n) is 3.36. The molecule has 0 aromatic heterocycles. The van der Waals surface area contributed by atoms with Crippen molar-refractivity contribution in [3.05, 3.63) is 93.4 Å². The van der Waals surface area contributed by atoms with E-state index in [1.165, 1.54) is 0 Å². The van der Waals surface area contributed by atoms with Crippen LogP contribution in [0.4, 0.5) is 5.69 Å². The number of aliphatic imine (C=N–C) groups is 1. The summed E-state index contributed by atoms with van der Waals surface area (Å²) in [5.74, 6) is 0.784. The summed E-state index contributed by atoms with van der Waals surface area (Å²) in [7, 11) is 0. The minimum absolute atomic E-state index is 0.469. The maximum atomic E-state index is 5.98. The van der Waals surface area contributed by atoms with Crippen LogP contribution in [0.5, 0.6) is 5.75 Å². The van der Waals surface area contributed by atoms with E-state index in [2.05, 4.69) is 20.9 Å². The van der Waals surface area contributed by atoms with Gasteiger partial charge in [0.25, 0.3) is 0 Å². The summed E-state index contributed by atoms with van der Waals surface area (Å²) in [4.78, 5) is 4.45. The van der Waals surface area contributed by atoms with E-state index in [4.69, 9.17) is 16.3 Å². The molecule has 0 amide bonds. The fourth-order valence-electron chi connectivity index (χ4n) is 2.17. The van der Waals surface area contributed by atoms with Gasteiger partial charge in [0, 0.05) is 11.2 Å². The molecule has 3 aromatic carbocycles. The highest BCUT2D eigenvalue weighted by atomic mass is 79.9. The monoisotopic (exact) mass is 399 g/mol. The fourth-order valence-corrected chi connectivity index (χ4v) is 2.89. The molecule has 24 heavy (non-hydrogen) atoms. The molecule has 0 aliphatic carbocycles. The van der Waals surface area contributed by atoms with Gasteiger partial charge in [-0.3, -0.25) is 4.99 Å². The zero-order valence-corrected chi connectivity index (χ0v) is 15.2. The molecule has 0 saturated heterocycles. The molecular weight excluding hydrogens is 386 g/mol. The van der Waals surface area contributed by atoms with Gasteiger partial charge in [0.15, 0.2) is 0 Å². The van der Waals surface area contributed by atoms with E-state index in [9.17, 15) is 0 Å². The molecule has 4 heteroatoms. The van der Waals surface area contributed by atoms with Crippen molar-refractivity contribution < 1.29 is 4.74 Å². The summed E-state index contributed by atoms with van der Waals surface area (Å²) < 4.78 is 6.74. The third kappa shape index (κ3) is 4.70. The molecule has 0 saturated carbocycles. The fraction of sp³-hybridized carbons (Fsp3) is 0.0500. The lowest BCUT2D eigenvalue weighted by atomic mass is 10.2. The second-order valence-corrected chi connectivity index (χ2v) is 6.49. The molecule has 120 valence electrons. The van der Waals surface area contributed by atoms with E-state index in [0.717, 1.165) is 27.0 Å². The number of benzene rings is 3. The first kappa shape index (κ1) is 16.7. The summed E-state index contributed by atoms with van der Waals surface area (Å²) in [6.45, 7) is 0.469. The van der Waals surface area contributed by atoms with Gasteiger partial charge < -0.3 is 4.74 Å². The predicted octanol–water partition coefficient (Wildman–Crippen LogP) is 6.43. The Morgan fingerprint density at radius 3 is 2.54 bits per heavy atom. The van der Waals surface area contributed by atoms with Crippen LogP contribution < -0.4 is 4.74 Å². The lowest BCUT2D eigenvalue weighted by Gasteiger charge is -2.09. The number of rotatable bonds is 5. The molecule has 0 aliphatic rings. The molecule has 3 aromatic rings. The number of halogens is 2. The van der Waals surface area contributed by atoms with Crippen molar-refractivity contribution in [3.8, 4) is 5.75 Å². The van der Waals surface area contributed by atoms with E-state index in [0.29, 0.717) is 11.6 Å². The Morgan fingerprint density at radius 2 is 1.79 bits per heavy atom. The lowest BCUT2D eigenvalue weighted by Crippen LogP contribution is -1.96. The summed E-state index contributed by atoms with van der Waals surface area (Å²) in [6.07, 6.45) is 1.83. The summed E-state index contributed by atoms with van der Waals surface area (Å²) in [6, 6.07) is 23.4. The molecule has 2 nitrogen and oxygen atoms in total. The molecule has 0 aliphatic heterocycles. The van der Waals surface area contributed by atoms with Gasteiger partial charge in [0.05, 0.1) is 10.2 Å². The maximum Gasteiger partial charge on any atom is 0.134 e. The van der Waals surface area contributed by atoms with Crippen LogP contribution in [-0.2, 0) is 6.61 Å². The van der Waals surface area contributed by atoms with Crippen LogP contribution in [0.25, 0.3) is 0 Å². The van der Waals surface area contributed by atoms with Gasteiger partial charge in [-0.1, -0.05) is 41.9 Å². The van der Waals surface area contributed by atoms with Crippen LogP contribution in [0, 0.1) is 0 Å². The van der Waals surface area contributed by atoms with Crippen LogP contribution in [0.2, 0.25) is 5.02 Å². The quantitative estimate of drug-likeness (QED) is 0.452. The molecule has 0 unspecified atom stereocenters. The molecule has 0 spiro atoms. The minimum atomic E-state index is 0.469. The molecule has 0 radical (unpaired) electrons. The van der Waals surface area contributed by atoms with Crippen molar-refractivity contribution in [2.45, 2.75) is 6.61 Å². The van der Waals surface area contributed by atoms with Crippen LogP contribution in [0.15, 0.2) is 82.3 Å². The Hall–Kier alpha value is -2.10. The van der Waals surface area contributed by atoms with Gasteiger partial charge in [-0.25, -0.2) is 0 Å². The average molecular weight is 401 g/mol. The molecule has 3 rings (SSSR count). The number of ether oxygens (including phenoxy) is 1. The van der Waals surface area contributed by atoms with E-state index >= 15 is 0 Å². The van der Waals surface area contributed by atoms with Gasteiger partial charge >= 0.3 is 0 Å². The van der Waals surface area contributed by atoms with Crippen molar-refractivity contribution in [1.29, 1.82) is 0 Å². The normalized spacial score (nSPS) is 10.9. The van der Waals surface area contributed by atoms with Gasteiger partial charge in [-0.05, 0) is 69.5 Å².